The Balaban J connectivity index is 1.48. The van der Waals surface area contributed by atoms with Crippen LogP contribution in [0.25, 0.3) is 5.69 Å². The summed E-state index contributed by atoms with van der Waals surface area (Å²) in [4.78, 5) is 26.9. The molecule has 0 N–H and O–H groups in total. The number of rotatable bonds is 2. The van der Waals surface area contributed by atoms with Crippen LogP contribution < -0.4 is 11.4 Å². The molecule has 4 fully saturated rings. The number of allylic oxidation sites excluding steroid dienone is 4. The molecule has 8 unspecified atom stereocenters. The molecule has 27 heavy (non-hydrogen) atoms. The Bertz CT molecular complexity index is 1260. The normalized spacial score (nSPS) is 47.4. The Labute approximate surface area is 154 Å². The van der Waals surface area contributed by atoms with Crippen molar-refractivity contribution in [3.63, 3.8) is 0 Å². The van der Waals surface area contributed by atoms with E-state index < -0.39 is 0 Å². The minimum absolute atomic E-state index is 0.0268. The van der Waals surface area contributed by atoms with Crippen molar-refractivity contribution in [1.29, 1.82) is 0 Å². The summed E-state index contributed by atoms with van der Waals surface area (Å²) in [5.74, 6) is 3.24. The van der Waals surface area contributed by atoms with Gasteiger partial charge in [0.05, 0.1) is 30.3 Å². The van der Waals surface area contributed by atoms with Gasteiger partial charge in [-0.15, -0.1) is 0 Å². The summed E-state index contributed by atoms with van der Waals surface area (Å²) in [7, 11) is 1.74. The van der Waals surface area contributed by atoms with Gasteiger partial charge in [0.25, 0.3) is 0 Å². The third-order valence-electron chi connectivity index (χ3n) is 8.70. The van der Waals surface area contributed by atoms with Crippen LogP contribution in [0.15, 0.2) is 63.9 Å². The van der Waals surface area contributed by atoms with Gasteiger partial charge in [0, 0.05) is 5.41 Å². The van der Waals surface area contributed by atoms with Gasteiger partial charge in [-0.05, 0) is 41.9 Å². The van der Waals surface area contributed by atoms with Crippen LogP contribution >= 0.6 is 0 Å². The first kappa shape index (κ1) is 13.4. The highest BCUT2D eigenvalue weighted by Gasteiger charge is 3.04. The zero-order valence-corrected chi connectivity index (χ0v) is 14.6. The van der Waals surface area contributed by atoms with Crippen LogP contribution in [0.5, 0.6) is 0 Å². The van der Waals surface area contributed by atoms with Gasteiger partial charge in [0.1, 0.15) is 5.76 Å². The predicted molar refractivity (Wildman–Crippen MR) is 95.4 cm³/mol. The van der Waals surface area contributed by atoms with Gasteiger partial charge in [-0.3, -0.25) is 0 Å². The lowest BCUT2D eigenvalue weighted by atomic mass is 9.68. The highest BCUT2D eigenvalue weighted by Crippen LogP contribution is 3.04. The zero-order chi connectivity index (χ0) is 17.9. The summed E-state index contributed by atoms with van der Waals surface area (Å²) < 4.78 is 10.8. The molecule has 7 aliphatic rings. The van der Waals surface area contributed by atoms with Crippen LogP contribution in [0.2, 0.25) is 0 Å². The van der Waals surface area contributed by atoms with Crippen molar-refractivity contribution < 1.29 is 4.74 Å². The van der Waals surface area contributed by atoms with Gasteiger partial charge in [-0.1, -0.05) is 30.4 Å². The second kappa shape index (κ2) is 3.51. The Kier molecular flexibility index (Phi) is 1.74. The molecule has 0 amide bonds. The van der Waals surface area contributed by atoms with E-state index >= 15 is 0 Å². The maximum absolute atomic E-state index is 13.5. The van der Waals surface area contributed by atoms with Crippen molar-refractivity contribution in [1.82, 2.24) is 13.9 Å². The number of nitrogens with zero attached hydrogens (tertiary/aromatic N) is 3. The van der Waals surface area contributed by atoms with E-state index in [1.807, 2.05) is 35.0 Å². The van der Waals surface area contributed by atoms with Crippen LogP contribution in [0.3, 0.4) is 0 Å². The summed E-state index contributed by atoms with van der Waals surface area (Å²) in [5.41, 5.74) is 0.117. The molecule has 1 aromatic heterocycles. The van der Waals surface area contributed by atoms with Crippen molar-refractivity contribution in [2.45, 2.75) is 12.1 Å². The minimum atomic E-state index is -0.203. The number of benzene rings is 1. The molecule has 2 spiro atoms. The van der Waals surface area contributed by atoms with Crippen molar-refractivity contribution in [2.75, 3.05) is 7.11 Å². The van der Waals surface area contributed by atoms with Crippen molar-refractivity contribution in [3.8, 4) is 5.69 Å². The molecule has 6 nitrogen and oxygen atoms in total. The van der Waals surface area contributed by atoms with Gasteiger partial charge >= 0.3 is 11.4 Å². The third-order valence-corrected chi connectivity index (χ3v) is 8.70. The van der Waals surface area contributed by atoms with Crippen molar-refractivity contribution in [3.05, 3.63) is 75.3 Å². The maximum Gasteiger partial charge on any atom is 0.352 e. The second-order valence-electron chi connectivity index (χ2n) is 8.92. The molecule has 0 saturated heterocycles. The first-order chi connectivity index (χ1) is 13.2. The monoisotopic (exact) mass is 359 g/mol. The van der Waals surface area contributed by atoms with Crippen LogP contribution in [-0.4, -0.2) is 21.0 Å². The molecule has 2 aromatic rings. The number of hydrogen-bond acceptors (Lipinski definition) is 3. The van der Waals surface area contributed by atoms with E-state index in [0.717, 1.165) is 5.76 Å². The molecular weight excluding hydrogens is 342 g/mol. The number of methoxy groups -OCH3 is 1. The molecule has 9 rings (SSSR count). The molecule has 6 heteroatoms. The summed E-state index contributed by atoms with van der Waals surface area (Å²) in [6.45, 7) is 0. The molecule has 134 valence electrons. The molecule has 1 aromatic carbocycles. The van der Waals surface area contributed by atoms with Gasteiger partial charge in [-0.2, -0.15) is 0 Å². The minimum Gasteiger partial charge on any atom is -0.500 e. The Morgan fingerprint density at radius 3 is 2.41 bits per heavy atom. The number of aromatic nitrogens is 3. The van der Waals surface area contributed by atoms with Gasteiger partial charge in [0.15, 0.2) is 0 Å². The van der Waals surface area contributed by atoms with E-state index in [0.29, 0.717) is 29.4 Å². The fourth-order valence-electron chi connectivity index (χ4n) is 8.38. The van der Waals surface area contributed by atoms with Gasteiger partial charge in [-0.25, -0.2) is 23.5 Å². The lowest BCUT2D eigenvalue weighted by molar-refractivity contribution is 0.0119. The Morgan fingerprint density at radius 1 is 0.963 bits per heavy atom. The SMILES string of the molecule is COC1=CC=CC23C4C5C6C5C2C13C6n1c(=O)n(-c2ccccc2)c(=O)n14. The molecule has 2 bridgehead atoms. The number of ether oxygens (including phenoxy) is 1. The Hall–Kier alpha value is -2.76. The highest BCUT2D eigenvalue weighted by atomic mass is 16.5. The largest absolute Gasteiger partial charge is 0.500 e. The van der Waals surface area contributed by atoms with E-state index in [4.69, 9.17) is 4.74 Å². The van der Waals surface area contributed by atoms with E-state index in [9.17, 15) is 9.59 Å². The molecule has 5 aliphatic carbocycles. The predicted octanol–water partition coefficient (Wildman–Crippen LogP) is 1.49. The smallest absolute Gasteiger partial charge is 0.352 e. The van der Waals surface area contributed by atoms with E-state index in [1.165, 1.54) is 4.57 Å². The molecule has 4 saturated carbocycles. The first-order valence-corrected chi connectivity index (χ1v) is 9.66. The standard InChI is InChI=1S/C21H17N3O3/c1-27-11-8-5-9-20-15-12-13-14(12)17(21(11,15)20)24-19(26)22(10-6-3-2-4-7-10)18(25)23(24)16(13)20/h2-9,12-17H,1H3. The lowest BCUT2D eigenvalue weighted by Gasteiger charge is -2.48. The molecule has 2 aliphatic heterocycles. The second-order valence-corrected chi connectivity index (χ2v) is 8.92. The van der Waals surface area contributed by atoms with Gasteiger partial charge in [0.2, 0.25) is 0 Å². The first-order valence-electron chi connectivity index (χ1n) is 9.66. The van der Waals surface area contributed by atoms with Crippen molar-refractivity contribution in [2.24, 2.45) is 34.5 Å². The summed E-state index contributed by atoms with van der Waals surface area (Å²) in [5, 5.41) is 0. The summed E-state index contributed by atoms with van der Waals surface area (Å²) in [6, 6.07) is 9.41. The van der Waals surface area contributed by atoms with Crippen LogP contribution in [0.4, 0.5) is 0 Å². The number of hydrogen-bond donors (Lipinski definition) is 0. The van der Waals surface area contributed by atoms with Crippen molar-refractivity contribution >= 4 is 0 Å². The quantitative estimate of drug-likeness (QED) is 0.816. The van der Waals surface area contributed by atoms with Gasteiger partial charge < -0.3 is 4.74 Å². The van der Waals surface area contributed by atoms with E-state index in [2.05, 4.69) is 18.2 Å². The van der Waals surface area contributed by atoms with E-state index in [-0.39, 0.29) is 34.3 Å². The maximum atomic E-state index is 13.5. The molecule has 3 heterocycles. The zero-order valence-electron chi connectivity index (χ0n) is 14.6. The molecule has 8 atom stereocenters. The van der Waals surface area contributed by atoms with Crippen LogP contribution in [0.1, 0.15) is 12.1 Å². The fourth-order valence-corrected chi connectivity index (χ4v) is 8.38. The molecular formula is C21H17N3O3. The Morgan fingerprint density at radius 2 is 1.67 bits per heavy atom. The summed E-state index contributed by atoms with van der Waals surface area (Å²) >= 11 is 0. The van der Waals surface area contributed by atoms with E-state index in [1.54, 1.807) is 11.8 Å². The lowest BCUT2D eigenvalue weighted by Crippen LogP contribution is -2.53. The van der Waals surface area contributed by atoms with Crippen LogP contribution in [-0.2, 0) is 4.74 Å². The third kappa shape index (κ3) is 0.947. The summed E-state index contributed by atoms with van der Waals surface area (Å²) in [6.07, 6.45) is 6.49. The fraction of sp³-hybridized carbons (Fsp3) is 0.429. The van der Waals surface area contributed by atoms with Crippen LogP contribution in [0, 0.1) is 34.5 Å². The average Bonchev–Trinajstić information content (AvgIpc) is 3.46. The highest BCUT2D eigenvalue weighted by molar-refractivity contribution is 5.59. The topological polar surface area (TPSA) is 58.2 Å². The molecule has 0 radical (unpaired) electrons. The average molecular weight is 359 g/mol. The number of para-hydroxylation sites is 1.